The fourth-order valence-electron chi connectivity index (χ4n) is 2.29. The maximum atomic E-state index is 11.3. The van der Waals surface area contributed by atoms with Crippen LogP contribution in [0.25, 0.3) is 10.8 Å². The van der Waals surface area contributed by atoms with Crippen LogP contribution >= 0.6 is 11.8 Å². The van der Waals surface area contributed by atoms with Gasteiger partial charge in [0.05, 0.1) is 5.56 Å². The summed E-state index contributed by atoms with van der Waals surface area (Å²) in [7, 11) is 0. The summed E-state index contributed by atoms with van der Waals surface area (Å²) in [5.74, 6) is 0.148. The minimum atomic E-state index is -0.885. The summed E-state index contributed by atoms with van der Waals surface area (Å²) in [6.45, 7) is 2.15. The first kappa shape index (κ1) is 14.7. The molecule has 0 aromatic heterocycles. The largest absolute Gasteiger partial charge is 0.478 e. The molecule has 2 aromatic carbocycles. The van der Waals surface area contributed by atoms with Crippen molar-refractivity contribution in [3.8, 4) is 0 Å². The Morgan fingerprint density at radius 3 is 2.55 bits per heavy atom. The van der Waals surface area contributed by atoms with Gasteiger partial charge in [-0.05, 0) is 30.2 Å². The molecule has 0 aliphatic rings. The maximum Gasteiger partial charge on any atom is 0.336 e. The lowest BCUT2D eigenvalue weighted by Gasteiger charge is -2.19. The van der Waals surface area contributed by atoms with Crippen LogP contribution in [-0.2, 0) is 0 Å². The van der Waals surface area contributed by atoms with Crippen molar-refractivity contribution in [1.82, 2.24) is 0 Å². The number of rotatable bonds is 6. The summed E-state index contributed by atoms with van der Waals surface area (Å²) in [6, 6.07) is 11.6. The average molecular weight is 289 g/mol. The molecule has 2 rings (SSSR count). The van der Waals surface area contributed by atoms with Crippen LogP contribution in [0.5, 0.6) is 0 Å². The molecule has 106 valence electrons. The molecule has 2 N–H and O–H groups in total. The van der Waals surface area contributed by atoms with Crippen LogP contribution in [-0.4, -0.2) is 29.1 Å². The highest BCUT2D eigenvalue weighted by molar-refractivity contribution is 7.98. The second-order valence-corrected chi connectivity index (χ2v) is 5.63. The van der Waals surface area contributed by atoms with E-state index >= 15 is 0 Å². The summed E-state index contributed by atoms with van der Waals surface area (Å²) in [5.41, 5.74) is 1.36. The van der Waals surface area contributed by atoms with Gasteiger partial charge in [0.25, 0.3) is 0 Å². The predicted molar refractivity (Wildman–Crippen MR) is 87.0 cm³/mol. The van der Waals surface area contributed by atoms with Gasteiger partial charge < -0.3 is 10.4 Å². The molecule has 0 fully saturated rings. The highest BCUT2D eigenvalue weighted by Gasteiger charge is 2.12. The molecular formula is C16H19NO2S. The molecule has 1 unspecified atom stereocenters. The Bertz CT molecular complexity index is 612. The van der Waals surface area contributed by atoms with E-state index < -0.39 is 5.97 Å². The summed E-state index contributed by atoms with van der Waals surface area (Å²) in [4.78, 5) is 11.3. The molecule has 0 aliphatic carbocycles. The van der Waals surface area contributed by atoms with Gasteiger partial charge in [-0.1, -0.05) is 31.2 Å². The van der Waals surface area contributed by atoms with Gasteiger partial charge >= 0.3 is 5.97 Å². The molecule has 0 heterocycles. The minimum Gasteiger partial charge on any atom is -0.478 e. The fraction of sp³-hybridized carbons (Fsp3) is 0.312. The zero-order valence-electron chi connectivity index (χ0n) is 11.7. The topological polar surface area (TPSA) is 49.3 Å². The van der Waals surface area contributed by atoms with Gasteiger partial charge in [-0.25, -0.2) is 4.79 Å². The van der Waals surface area contributed by atoms with E-state index in [-0.39, 0.29) is 0 Å². The number of benzene rings is 2. The smallest absolute Gasteiger partial charge is 0.336 e. The quantitative estimate of drug-likeness (QED) is 0.841. The van der Waals surface area contributed by atoms with Gasteiger partial charge in [0.15, 0.2) is 0 Å². The normalized spacial score (nSPS) is 12.3. The van der Waals surface area contributed by atoms with Gasteiger partial charge in [-0.2, -0.15) is 11.8 Å². The lowest BCUT2D eigenvalue weighted by Crippen LogP contribution is -2.21. The Morgan fingerprint density at radius 1 is 1.25 bits per heavy atom. The molecule has 0 spiro atoms. The van der Waals surface area contributed by atoms with Crippen molar-refractivity contribution in [2.75, 3.05) is 17.3 Å². The molecule has 4 heteroatoms. The molecular weight excluding hydrogens is 270 g/mol. The Labute approximate surface area is 123 Å². The Balaban J connectivity index is 2.45. The third-order valence-electron chi connectivity index (χ3n) is 3.37. The lowest BCUT2D eigenvalue weighted by atomic mass is 10.0. The van der Waals surface area contributed by atoms with E-state index in [0.717, 1.165) is 28.6 Å². The van der Waals surface area contributed by atoms with E-state index in [1.54, 1.807) is 6.07 Å². The number of aromatic carboxylic acids is 1. The number of hydrogen-bond acceptors (Lipinski definition) is 3. The van der Waals surface area contributed by atoms with E-state index in [1.807, 2.05) is 42.1 Å². The summed E-state index contributed by atoms with van der Waals surface area (Å²) in [6.07, 6.45) is 3.13. The van der Waals surface area contributed by atoms with Crippen molar-refractivity contribution in [2.45, 2.75) is 19.4 Å². The highest BCUT2D eigenvalue weighted by Crippen LogP contribution is 2.27. The minimum absolute atomic E-state index is 0.351. The van der Waals surface area contributed by atoms with E-state index in [1.165, 1.54) is 0 Å². The molecule has 0 amide bonds. The third kappa shape index (κ3) is 3.07. The highest BCUT2D eigenvalue weighted by atomic mass is 32.2. The van der Waals surface area contributed by atoms with Crippen LogP contribution in [0.15, 0.2) is 36.4 Å². The zero-order chi connectivity index (χ0) is 14.5. The number of carboxylic acids is 1. The molecule has 3 nitrogen and oxygen atoms in total. The van der Waals surface area contributed by atoms with E-state index in [0.29, 0.717) is 11.6 Å². The first-order valence-corrected chi connectivity index (χ1v) is 8.07. The van der Waals surface area contributed by atoms with Crippen molar-refractivity contribution in [3.05, 3.63) is 42.0 Å². The first-order chi connectivity index (χ1) is 9.67. The number of fused-ring (bicyclic) bond motifs is 1. The second-order valence-electron chi connectivity index (χ2n) is 4.72. The maximum absolute atomic E-state index is 11.3. The van der Waals surface area contributed by atoms with Gasteiger partial charge in [0, 0.05) is 22.9 Å². The number of carboxylic acid groups (broad SMARTS) is 1. The zero-order valence-corrected chi connectivity index (χ0v) is 12.5. The standard InChI is InChI=1S/C16H19NO2S/c1-3-11(10-20-2)17-15-9-8-14(16(18)19)12-6-4-5-7-13(12)15/h4-9,11,17H,3,10H2,1-2H3,(H,18,19). The number of hydrogen-bond donors (Lipinski definition) is 2. The summed E-state index contributed by atoms with van der Waals surface area (Å²) < 4.78 is 0. The molecule has 0 radical (unpaired) electrons. The molecule has 1 atom stereocenters. The predicted octanol–water partition coefficient (Wildman–Crippen LogP) is 4.09. The van der Waals surface area contributed by atoms with Gasteiger partial charge in [0.1, 0.15) is 0 Å². The lowest BCUT2D eigenvalue weighted by molar-refractivity contribution is 0.0699. The molecule has 0 saturated heterocycles. The Morgan fingerprint density at radius 2 is 1.95 bits per heavy atom. The van der Waals surface area contributed by atoms with E-state index in [2.05, 4.69) is 18.5 Å². The fourth-order valence-corrected chi connectivity index (χ4v) is 3.02. The van der Waals surface area contributed by atoms with Crippen LogP contribution < -0.4 is 5.32 Å². The first-order valence-electron chi connectivity index (χ1n) is 6.67. The van der Waals surface area contributed by atoms with Crippen molar-refractivity contribution >= 4 is 34.2 Å². The van der Waals surface area contributed by atoms with Crippen LogP contribution in [0.1, 0.15) is 23.7 Å². The van der Waals surface area contributed by atoms with Crippen molar-refractivity contribution < 1.29 is 9.90 Å². The van der Waals surface area contributed by atoms with Crippen molar-refractivity contribution in [1.29, 1.82) is 0 Å². The van der Waals surface area contributed by atoms with Gasteiger partial charge in [-0.15, -0.1) is 0 Å². The molecule has 0 saturated carbocycles. The van der Waals surface area contributed by atoms with Crippen LogP contribution in [0.3, 0.4) is 0 Å². The van der Waals surface area contributed by atoms with E-state index in [4.69, 9.17) is 0 Å². The number of anilines is 1. The van der Waals surface area contributed by atoms with Gasteiger partial charge in [-0.3, -0.25) is 0 Å². The monoisotopic (exact) mass is 289 g/mol. The SMILES string of the molecule is CCC(CSC)Nc1ccc(C(=O)O)c2ccccc12. The number of nitrogens with one attached hydrogen (secondary N) is 1. The molecule has 2 aromatic rings. The molecule has 0 aliphatic heterocycles. The summed E-state index contributed by atoms with van der Waals surface area (Å²) in [5, 5.41) is 14.5. The summed E-state index contributed by atoms with van der Waals surface area (Å²) >= 11 is 1.81. The van der Waals surface area contributed by atoms with Crippen molar-refractivity contribution in [3.63, 3.8) is 0 Å². The number of carbonyl (C=O) groups is 1. The van der Waals surface area contributed by atoms with Crippen LogP contribution in [0, 0.1) is 0 Å². The molecule has 20 heavy (non-hydrogen) atoms. The molecule has 0 bridgehead atoms. The van der Waals surface area contributed by atoms with Crippen LogP contribution in [0.2, 0.25) is 0 Å². The van der Waals surface area contributed by atoms with E-state index in [9.17, 15) is 9.90 Å². The Hall–Kier alpha value is -1.68. The third-order valence-corrected chi connectivity index (χ3v) is 4.11. The Kier molecular flexibility index (Phi) is 4.90. The van der Waals surface area contributed by atoms with Gasteiger partial charge in [0.2, 0.25) is 0 Å². The average Bonchev–Trinajstić information content (AvgIpc) is 2.46. The van der Waals surface area contributed by atoms with Crippen molar-refractivity contribution in [2.24, 2.45) is 0 Å². The second kappa shape index (κ2) is 6.66. The number of thioether (sulfide) groups is 1. The van der Waals surface area contributed by atoms with Crippen LogP contribution in [0.4, 0.5) is 5.69 Å².